The molecule has 14 heavy (non-hydrogen) atoms. The van der Waals surface area contributed by atoms with Crippen molar-refractivity contribution in [1.82, 2.24) is 0 Å². The fourth-order valence-electron chi connectivity index (χ4n) is 2.58. The Morgan fingerprint density at radius 2 is 1.64 bits per heavy atom. The van der Waals surface area contributed by atoms with Crippen LogP contribution in [0.25, 0.3) is 0 Å². The van der Waals surface area contributed by atoms with Crippen LogP contribution in [0.1, 0.15) is 19.3 Å². The van der Waals surface area contributed by atoms with Gasteiger partial charge >= 0.3 is 0 Å². The Labute approximate surface area is 84.6 Å². The minimum absolute atomic E-state index is 0.0578. The Hall–Kier alpha value is -0.890. The monoisotopic (exact) mass is 192 g/mol. The van der Waals surface area contributed by atoms with Crippen LogP contribution in [-0.4, -0.2) is 18.0 Å². The number of hydrogen-bond acceptors (Lipinski definition) is 2. The van der Waals surface area contributed by atoms with Gasteiger partial charge < -0.3 is 4.74 Å². The minimum atomic E-state index is -0.0953. The summed E-state index contributed by atoms with van der Waals surface area (Å²) >= 11 is 0. The fourth-order valence-corrected chi connectivity index (χ4v) is 2.58. The first-order valence-electron chi connectivity index (χ1n) is 5.22. The van der Waals surface area contributed by atoms with Gasteiger partial charge in [0.25, 0.3) is 0 Å². The van der Waals surface area contributed by atoms with Gasteiger partial charge in [-0.25, -0.2) is 0 Å². The molecule has 2 bridgehead atoms. The third-order valence-electron chi connectivity index (χ3n) is 3.33. The highest BCUT2D eigenvalue weighted by Crippen LogP contribution is 2.38. The van der Waals surface area contributed by atoms with Gasteiger partial charge in [0.2, 0.25) is 0 Å². The number of ether oxygens (including phenoxy) is 1. The summed E-state index contributed by atoms with van der Waals surface area (Å²) in [4.78, 5) is 12.0. The van der Waals surface area contributed by atoms with Gasteiger partial charge in [-0.15, -0.1) is 13.2 Å². The molecule has 76 valence electrons. The lowest BCUT2D eigenvalue weighted by Gasteiger charge is -2.41. The highest BCUT2D eigenvalue weighted by atomic mass is 16.5. The lowest BCUT2D eigenvalue weighted by Crippen LogP contribution is -2.49. The predicted octanol–water partition coefficient (Wildman–Crippen LogP) is 2.11. The van der Waals surface area contributed by atoms with Crippen LogP contribution in [0.15, 0.2) is 25.3 Å². The first kappa shape index (κ1) is 9.66. The van der Waals surface area contributed by atoms with Crippen LogP contribution in [0.4, 0.5) is 0 Å². The van der Waals surface area contributed by atoms with Gasteiger partial charge in [0, 0.05) is 11.8 Å². The van der Waals surface area contributed by atoms with Crippen LogP contribution in [0.5, 0.6) is 0 Å². The maximum absolute atomic E-state index is 12.0. The molecule has 0 radical (unpaired) electrons. The molecule has 4 unspecified atom stereocenters. The molecule has 2 aliphatic rings. The van der Waals surface area contributed by atoms with E-state index in [0.717, 1.165) is 19.3 Å². The average molecular weight is 192 g/mol. The molecule has 1 aliphatic carbocycles. The summed E-state index contributed by atoms with van der Waals surface area (Å²) in [5.41, 5.74) is 0. The van der Waals surface area contributed by atoms with E-state index in [1.54, 1.807) is 12.2 Å². The molecule has 4 atom stereocenters. The third-order valence-corrected chi connectivity index (χ3v) is 3.33. The van der Waals surface area contributed by atoms with E-state index in [4.69, 9.17) is 4.74 Å². The van der Waals surface area contributed by atoms with E-state index >= 15 is 0 Å². The SMILES string of the molecule is C=CC1OC(C=C)C2CCCC1C2=O. The van der Waals surface area contributed by atoms with Crippen molar-refractivity contribution in [2.45, 2.75) is 31.5 Å². The van der Waals surface area contributed by atoms with Crippen LogP contribution in [0.3, 0.4) is 0 Å². The Morgan fingerprint density at radius 3 is 2.07 bits per heavy atom. The molecule has 0 aromatic heterocycles. The predicted molar refractivity (Wildman–Crippen MR) is 54.9 cm³/mol. The van der Waals surface area contributed by atoms with Crippen molar-refractivity contribution in [2.24, 2.45) is 11.8 Å². The molecule has 1 saturated heterocycles. The number of ketones is 1. The second-order valence-electron chi connectivity index (χ2n) is 4.08. The highest BCUT2D eigenvalue weighted by Gasteiger charge is 2.44. The highest BCUT2D eigenvalue weighted by molar-refractivity contribution is 5.86. The normalized spacial score (nSPS) is 41.9. The zero-order chi connectivity index (χ0) is 10.1. The van der Waals surface area contributed by atoms with Gasteiger partial charge in [-0.3, -0.25) is 4.79 Å². The molecule has 2 rings (SSSR count). The molecule has 2 heteroatoms. The molecule has 1 heterocycles. The first-order chi connectivity index (χ1) is 6.77. The summed E-state index contributed by atoms with van der Waals surface area (Å²) in [5, 5.41) is 0. The van der Waals surface area contributed by atoms with Gasteiger partial charge in [0.05, 0.1) is 12.2 Å². The Balaban J connectivity index is 2.25. The number of hydrogen-bond donors (Lipinski definition) is 0. The standard InChI is InChI=1S/C12H16O2/c1-3-10-8-6-5-7-9(12(8)13)11(4-2)14-10/h3-4,8-11H,1-2,5-7H2. The van der Waals surface area contributed by atoms with Crippen molar-refractivity contribution in [3.8, 4) is 0 Å². The second kappa shape index (κ2) is 3.70. The molecule has 0 aromatic rings. The van der Waals surface area contributed by atoms with Gasteiger partial charge in [-0.05, 0) is 12.8 Å². The smallest absolute Gasteiger partial charge is 0.144 e. The van der Waals surface area contributed by atoms with Crippen LogP contribution >= 0.6 is 0 Å². The van der Waals surface area contributed by atoms with E-state index in [-0.39, 0.29) is 24.0 Å². The summed E-state index contributed by atoms with van der Waals surface area (Å²) in [5.74, 6) is 0.474. The van der Waals surface area contributed by atoms with E-state index < -0.39 is 0 Å². The van der Waals surface area contributed by atoms with Crippen molar-refractivity contribution in [3.05, 3.63) is 25.3 Å². The average Bonchev–Trinajstić information content (AvgIpc) is 2.18. The van der Waals surface area contributed by atoms with Gasteiger partial charge in [0.1, 0.15) is 5.78 Å². The van der Waals surface area contributed by atoms with Crippen molar-refractivity contribution < 1.29 is 9.53 Å². The Bertz CT molecular complexity index is 245. The van der Waals surface area contributed by atoms with E-state index in [1.807, 2.05) is 0 Å². The molecule has 0 aromatic carbocycles. The summed E-state index contributed by atoms with van der Waals surface area (Å²) < 4.78 is 5.77. The number of rotatable bonds is 2. The molecule has 2 fully saturated rings. The molecule has 0 amide bonds. The minimum Gasteiger partial charge on any atom is -0.365 e. The lowest BCUT2D eigenvalue weighted by atomic mass is 9.73. The van der Waals surface area contributed by atoms with E-state index in [1.165, 1.54) is 0 Å². The third kappa shape index (κ3) is 1.34. The summed E-state index contributed by atoms with van der Waals surface area (Å²) in [6, 6.07) is 0. The zero-order valence-corrected chi connectivity index (χ0v) is 8.32. The van der Waals surface area contributed by atoms with Crippen LogP contribution in [-0.2, 0) is 9.53 Å². The molecular formula is C12H16O2. The quantitative estimate of drug-likeness (QED) is 0.626. The number of fused-ring (bicyclic) bond motifs is 2. The van der Waals surface area contributed by atoms with E-state index in [9.17, 15) is 4.79 Å². The number of Topliss-reactive ketones (excluding diaryl/α,β-unsaturated/α-hetero) is 1. The summed E-state index contributed by atoms with van der Waals surface area (Å²) in [6.45, 7) is 7.45. The van der Waals surface area contributed by atoms with Crippen molar-refractivity contribution in [3.63, 3.8) is 0 Å². The van der Waals surface area contributed by atoms with Gasteiger partial charge in [-0.1, -0.05) is 18.6 Å². The zero-order valence-electron chi connectivity index (χ0n) is 8.32. The fraction of sp³-hybridized carbons (Fsp3) is 0.583. The first-order valence-corrected chi connectivity index (χ1v) is 5.22. The number of carbonyl (C=O) groups is 1. The van der Waals surface area contributed by atoms with E-state index in [2.05, 4.69) is 13.2 Å². The van der Waals surface area contributed by atoms with Gasteiger partial charge in [-0.2, -0.15) is 0 Å². The van der Waals surface area contributed by atoms with Crippen molar-refractivity contribution in [2.75, 3.05) is 0 Å². The van der Waals surface area contributed by atoms with Crippen LogP contribution < -0.4 is 0 Å². The van der Waals surface area contributed by atoms with Crippen LogP contribution in [0, 0.1) is 11.8 Å². The molecule has 1 saturated carbocycles. The van der Waals surface area contributed by atoms with Crippen LogP contribution in [0.2, 0.25) is 0 Å². The van der Waals surface area contributed by atoms with Gasteiger partial charge in [0.15, 0.2) is 0 Å². The topological polar surface area (TPSA) is 26.3 Å². The van der Waals surface area contributed by atoms with E-state index in [0.29, 0.717) is 5.78 Å². The largest absolute Gasteiger partial charge is 0.365 e. The second-order valence-corrected chi connectivity index (χ2v) is 4.08. The molecular weight excluding hydrogens is 176 g/mol. The lowest BCUT2D eigenvalue weighted by molar-refractivity contribution is -0.153. The Kier molecular flexibility index (Phi) is 2.55. The molecule has 1 aliphatic heterocycles. The molecule has 0 spiro atoms. The Morgan fingerprint density at radius 1 is 1.14 bits per heavy atom. The maximum Gasteiger partial charge on any atom is 0.144 e. The van der Waals surface area contributed by atoms with Crippen molar-refractivity contribution in [1.29, 1.82) is 0 Å². The maximum atomic E-state index is 12.0. The summed E-state index contributed by atoms with van der Waals surface area (Å²) in [6.07, 6.45) is 6.34. The van der Waals surface area contributed by atoms with Crippen molar-refractivity contribution >= 4 is 5.78 Å². The molecule has 0 N–H and O–H groups in total. The molecule has 2 nitrogen and oxygen atoms in total. The number of carbonyl (C=O) groups excluding carboxylic acids is 1. The summed E-state index contributed by atoms with van der Waals surface area (Å²) in [7, 11) is 0.